The predicted octanol–water partition coefficient (Wildman–Crippen LogP) is 2.76. The molecule has 5 heteroatoms. The molecule has 23 heavy (non-hydrogen) atoms. The Balaban J connectivity index is 1.93. The Morgan fingerprint density at radius 1 is 1.22 bits per heavy atom. The molecule has 0 aromatic heterocycles. The number of rotatable bonds is 7. The summed E-state index contributed by atoms with van der Waals surface area (Å²) in [6, 6.07) is 14.4. The van der Waals surface area contributed by atoms with Crippen molar-refractivity contribution in [1.29, 1.82) is 0 Å². The van der Waals surface area contributed by atoms with Crippen molar-refractivity contribution in [2.75, 3.05) is 13.7 Å². The van der Waals surface area contributed by atoms with Crippen LogP contribution in [-0.4, -0.2) is 25.9 Å². The van der Waals surface area contributed by atoms with E-state index in [1.165, 1.54) is 7.11 Å². The van der Waals surface area contributed by atoms with Crippen molar-refractivity contribution >= 4 is 12.2 Å². The highest BCUT2D eigenvalue weighted by molar-refractivity contribution is 5.81. The summed E-state index contributed by atoms with van der Waals surface area (Å²) in [5.74, 6) is 0.652. The van der Waals surface area contributed by atoms with Gasteiger partial charge >= 0.3 is 0 Å². The van der Waals surface area contributed by atoms with Gasteiger partial charge in [-0.2, -0.15) is 0 Å². The van der Waals surface area contributed by atoms with Crippen LogP contribution in [0.2, 0.25) is 0 Å². The van der Waals surface area contributed by atoms with Gasteiger partial charge < -0.3 is 14.8 Å². The first-order valence-corrected chi connectivity index (χ1v) is 7.24. The van der Waals surface area contributed by atoms with Crippen LogP contribution in [0.25, 0.3) is 0 Å². The third kappa shape index (κ3) is 4.57. The molecule has 2 aromatic rings. The number of hydrogen-bond acceptors (Lipinski definition) is 4. The van der Waals surface area contributed by atoms with Crippen LogP contribution in [-0.2, 0) is 4.79 Å². The Morgan fingerprint density at radius 3 is 2.61 bits per heavy atom. The third-order valence-electron chi connectivity index (χ3n) is 3.38. The molecule has 120 valence electrons. The highest BCUT2D eigenvalue weighted by Crippen LogP contribution is 2.22. The van der Waals surface area contributed by atoms with Crippen LogP contribution >= 0.6 is 0 Å². The first-order valence-electron chi connectivity index (χ1n) is 7.24. The largest absolute Gasteiger partial charge is 0.497 e. The molecule has 0 aliphatic rings. The Bertz CT molecular complexity index is 670. The van der Waals surface area contributed by atoms with Crippen LogP contribution in [0.4, 0.5) is 0 Å². The molecule has 5 nitrogen and oxygen atoms in total. The van der Waals surface area contributed by atoms with Crippen LogP contribution < -0.4 is 14.8 Å². The Kier molecular flexibility index (Phi) is 5.74. The van der Waals surface area contributed by atoms with E-state index in [0.29, 0.717) is 23.3 Å². The minimum atomic E-state index is -0.256. The van der Waals surface area contributed by atoms with E-state index in [2.05, 4.69) is 5.32 Å². The van der Waals surface area contributed by atoms with E-state index in [4.69, 9.17) is 9.47 Å². The van der Waals surface area contributed by atoms with Gasteiger partial charge in [-0.15, -0.1) is 0 Å². The quantitative estimate of drug-likeness (QED) is 0.798. The first-order chi connectivity index (χ1) is 11.1. The molecule has 0 bridgehead atoms. The second kappa shape index (κ2) is 7.98. The molecular weight excluding hydrogens is 294 g/mol. The third-order valence-corrected chi connectivity index (χ3v) is 3.38. The van der Waals surface area contributed by atoms with Crippen LogP contribution in [0.1, 0.15) is 28.9 Å². The molecule has 0 aliphatic heterocycles. The van der Waals surface area contributed by atoms with Gasteiger partial charge in [0.2, 0.25) is 0 Å². The van der Waals surface area contributed by atoms with Gasteiger partial charge in [0.1, 0.15) is 11.5 Å². The fourth-order valence-corrected chi connectivity index (χ4v) is 2.13. The minimum Gasteiger partial charge on any atom is -0.497 e. The number of methoxy groups -OCH3 is 1. The van der Waals surface area contributed by atoms with Crippen molar-refractivity contribution < 1.29 is 19.1 Å². The number of amides is 1. The van der Waals surface area contributed by atoms with E-state index in [1.54, 1.807) is 18.2 Å². The van der Waals surface area contributed by atoms with Crippen molar-refractivity contribution in [3.8, 4) is 11.5 Å². The fourth-order valence-electron chi connectivity index (χ4n) is 2.13. The smallest absolute Gasteiger partial charge is 0.258 e. The maximum absolute atomic E-state index is 12.0. The van der Waals surface area contributed by atoms with Crippen LogP contribution in [0.5, 0.6) is 11.5 Å². The van der Waals surface area contributed by atoms with Gasteiger partial charge in [0.25, 0.3) is 5.91 Å². The zero-order valence-corrected chi connectivity index (χ0v) is 13.1. The van der Waals surface area contributed by atoms with Gasteiger partial charge in [0.15, 0.2) is 12.9 Å². The van der Waals surface area contributed by atoms with Crippen molar-refractivity contribution in [1.82, 2.24) is 5.32 Å². The number of hydrogen-bond donors (Lipinski definition) is 1. The molecule has 0 fully saturated rings. The van der Waals surface area contributed by atoms with Crippen LogP contribution in [0.15, 0.2) is 48.5 Å². The summed E-state index contributed by atoms with van der Waals surface area (Å²) in [6.45, 7) is 1.74. The topological polar surface area (TPSA) is 64.6 Å². The average molecular weight is 313 g/mol. The number of benzene rings is 2. The van der Waals surface area contributed by atoms with Crippen molar-refractivity contribution in [2.24, 2.45) is 0 Å². The molecule has 0 aliphatic carbocycles. The zero-order valence-electron chi connectivity index (χ0n) is 13.1. The molecule has 2 aromatic carbocycles. The van der Waals surface area contributed by atoms with Crippen LogP contribution in [0.3, 0.4) is 0 Å². The fraction of sp³-hybridized carbons (Fsp3) is 0.222. The second-order valence-corrected chi connectivity index (χ2v) is 5.01. The number of carbonyl (C=O) groups is 2. The van der Waals surface area contributed by atoms with Gasteiger partial charge in [-0.1, -0.05) is 30.3 Å². The Hall–Kier alpha value is -2.82. The summed E-state index contributed by atoms with van der Waals surface area (Å²) < 4.78 is 10.5. The van der Waals surface area contributed by atoms with E-state index in [-0.39, 0.29) is 18.6 Å². The molecule has 0 saturated carbocycles. The molecule has 0 radical (unpaired) electrons. The molecule has 1 atom stereocenters. The standard InChI is InChI=1S/C18H19NO4/c1-13(14-6-4-3-5-7-14)19-18(21)12-23-17-9-8-16(22-2)10-15(17)11-20/h3-11,13H,12H2,1-2H3,(H,19,21)/t13-/m0/s1. The second-order valence-electron chi connectivity index (χ2n) is 5.01. The van der Waals surface area contributed by atoms with Crippen molar-refractivity contribution in [3.05, 3.63) is 59.7 Å². The van der Waals surface area contributed by atoms with E-state index in [1.807, 2.05) is 37.3 Å². The van der Waals surface area contributed by atoms with Crippen molar-refractivity contribution in [3.63, 3.8) is 0 Å². The first kappa shape index (κ1) is 16.5. The predicted molar refractivity (Wildman–Crippen MR) is 86.9 cm³/mol. The Morgan fingerprint density at radius 2 is 1.96 bits per heavy atom. The lowest BCUT2D eigenvalue weighted by Gasteiger charge is -2.15. The molecule has 0 unspecified atom stereocenters. The van der Waals surface area contributed by atoms with E-state index < -0.39 is 0 Å². The highest BCUT2D eigenvalue weighted by atomic mass is 16.5. The lowest BCUT2D eigenvalue weighted by atomic mass is 10.1. The Labute approximate surface area is 135 Å². The zero-order chi connectivity index (χ0) is 16.7. The monoisotopic (exact) mass is 313 g/mol. The summed E-state index contributed by atoms with van der Waals surface area (Å²) in [5, 5.41) is 2.85. The lowest BCUT2D eigenvalue weighted by molar-refractivity contribution is -0.123. The maximum atomic E-state index is 12.0. The summed E-state index contributed by atoms with van der Waals surface area (Å²) in [7, 11) is 1.52. The van der Waals surface area contributed by atoms with Gasteiger partial charge in [-0.25, -0.2) is 0 Å². The van der Waals surface area contributed by atoms with E-state index in [0.717, 1.165) is 5.56 Å². The molecule has 1 amide bonds. The van der Waals surface area contributed by atoms with E-state index >= 15 is 0 Å². The summed E-state index contributed by atoms with van der Waals surface area (Å²) >= 11 is 0. The van der Waals surface area contributed by atoms with E-state index in [9.17, 15) is 9.59 Å². The number of aldehydes is 1. The van der Waals surface area contributed by atoms with Gasteiger partial charge in [-0.3, -0.25) is 9.59 Å². The molecule has 0 saturated heterocycles. The lowest BCUT2D eigenvalue weighted by Crippen LogP contribution is -2.31. The molecule has 2 rings (SSSR count). The van der Waals surface area contributed by atoms with Gasteiger partial charge in [0.05, 0.1) is 18.7 Å². The minimum absolute atomic E-state index is 0.117. The van der Waals surface area contributed by atoms with Crippen molar-refractivity contribution in [2.45, 2.75) is 13.0 Å². The SMILES string of the molecule is COc1ccc(OCC(=O)N[C@@H](C)c2ccccc2)c(C=O)c1. The summed E-state index contributed by atoms with van der Waals surface area (Å²) in [5.41, 5.74) is 1.35. The highest BCUT2D eigenvalue weighted by Gasteiger charge is 2.11. The maximum Gasteiger partial charge on any atom is 0.258 e. The van der Waals surface area contributed by atoms with Gasteiger partial charge in [-0.05, 0) is 30.7 Å². The summed E-state index contributed by atoms with van der Waals surface area (Å²) in [6.07, 6.45) is 0.669. The molecule has 0 heterocycles. The normalized spacial score (nSPS) is 11.4. The number of nitrogens with one attached hydrogen (secondary N) is 1. The summed E-state index contributed by atoms with van der Waals surface area (Å²) in [4.78, 5) is 23.0. The number of carbonyl (C=O) groups excluding carboxylic acids is 2. The molecule has 0 spiro atoms. The molecule has 1 N–H and O–H groups in total. The molecular formula is C18H19NO4. The average Bonchev–Trinajstić information content (AvgIpc) is 2.60. The van der Waals surface area contributed by atoms with Crippen LogP contribution in [0, 0.1) is 0 Å². The van der Waals surface area contributed by atoms with Gasteiger partial charge in [0, 0.05) is 0 Å². The number of ether oxygens (including phenoxy) is 2.